The molecule has 2 unspecified atom stereocenters. The third kappa shape index (κ3) is 3.41. The van der Waals surface area contributed by atoms with E-state index >= 15 is 0 Å². The maximum absolute atomic E-state index is 5.59. The zero-order valence-electron chi connectivity index (χ0n) is 12.6. The van der Waals surface area contributed by atoms with Crippen LogP contribution in [0.25, 0.3) is 0 Å². The topological polar surface area (TPSA) is 39.1 Å². The van der Waals surface area contributed by atoms with E-state index in [1.165, 1.54) is 44.2 Å². The molecule has 0 aromatic carbocycles. The Morgan fingerprint density at radius 2 is 2.15 bits per heavy atom. The lowest BCUT2D eigenvalue weighted by Crippen LogP contribution is -2.26. The molecule has 1 saturated carbocycles. The first-order valence-electron chi connectivity index (χ1n) is 8.19. The second kappa shape index (κ2) is 6.72. The Hall–Kier alpha value is -0.870. The van der Waals surface area contributed by atoms with Crippen LogP contribution in [0.3, 0.4) is 0 Å². The molecule has 4 nitrogen and oxygen atoms in total. The van der Waals surface area contributed by atoms with Gasteiger partial charge in [-0.2, -0.15) is 5.10 Å². The fraction of sp³-hybridized carbons (Fsp3) is 0.812. The van der Waals surface area contributed by atoms with E-state index in [0.29, 0.717) is 18.1 Å². The SMILES string of the molecule is CC1OCCC1CNCc1ccn(C2CCCCC2)n1. The summed E-state index contributed by atoms with van der Waals surface area (Å²) in [6.07, 6.45) is 10.5. The Morgan fingerprint density at radius 3 is 2.90 bits per heavy atom. The number of aromatic nitrogens is 2. The lowest BCUT2D eigenvalue weighted by molar-refractivity contribution is 0.105. The average molecular weight is 277 g/mol. The molecule has 4 heteroatoms. The van der Waals surface area contributed by atoms with Crippen molar-refractivity contribution in [2.24, 2.45) is 5.92 Å². The standard InChI is InChI=1S/C16H27N3O/c1-13-14(8-10-20-13)11-17-12-15-7-9-19(18-15)16-5-3-2-4-6-16/h7,9,13-14,16-17H,2-6,8,10-12H2,1H3. The summed E-state index contributed by atoms with van der Waals surface area (Å²) in [4.78, 5) is 0. The fourth-order valence-corrected chi connectivity index (χ4v) is 3.45. The Balaban J connectivity index is 1.45. The van der Waals surface area contributed by atoms with Crippen LogP contribution >= 0.6 is 0 Å². The number of hydrogen-bond acceptors (Lipinski definition) is 3. The Kier molecular flexibility index (Phi) is 4.73. The van der Waals surface area contributed by atoms with Gasteiger partial charge in [0.25, 0.3) is 0 Å². The van der Waals surface area contributed by atoms with Crippen molar-refractivity contribution >= 4 is 0 Å². The highest BCUT2D eigenvalue weighted by Crippen LogP contribution is 2.27. The molecule has 0 amide bonds. The predicted octanol–water partition coefficient (Wildman–Crippen LogP) is 2.90. The first kappa shape index (κ1) is 14.1. The minimum atomic E-state index is 0.405. The number of nitrogens with one attached hydrogen (secondary N) is 1. The van der Waals surface area contributed by atoms with Crippen LogP contribution in [0.15, 0.2) is 12.3 Å². The molecule has 3 rings (SSSR count). The number of ether oxygens (including phenoxy) is 1. The molecule has 2 aliphatic rings. The summed E-state index contributed by atoms with van der Waals surface area (Å²) < 4.78 is 7.78. The van der Waals surface area contributed by atoms with E-state index < -0.39 is 0 Å². The van der Waals surface area contributed by atoms with Crippen molar-refractivity contribution in [3.63, 3.8) is 0 Å². The van der Waals surface area contributed by atoms with Gasteiger partial charge in [0.1, 0.15) is 0 Å². The highest BCUT2D eigenvalue weighted by Gasteiger charge is 2.23. The fourth-order valence-electron chi connectivity index (χ4n) is 3.45. The van der Waals surface area contributed by atoms with Gasteiger partial charge in [-0.05, 0) is 38.2 Å². The lowest BCUT2D eigenvalue weighted by atomic mass is 9.96. The second-order valence-electron chi connectivity index (χ2n) is 6.33. The van der Waals surface area contributed by atoms with Gasteiger partial charge in [-0.15, -0.1) is 0 Å². The molecular formula is C16H27N3O. The molecule has 1 aromatic rings. The summed E-state index contributed by atoms with van der Waals surface area (Å²) in [5.41, 5.74) is 1.17. The van der Waals surface area contributed by atoms with Crippen molar-refractivity contribution in [3.8, 4) is 0 Å². The van der Waals surface area contributed by atoms with Gasteiger partial charge in [0.15, 0.2) is 0 Å². The molecule has 1 N–H and O–H groups in total. The molecule has 20 heavy (non-hydrogen) atoms. The van der Waals surface area contributed by atoms with Gasteiger partial charge in [0.05, 0.1) is 17.8 Å². The molecule has 0 bridgehead atoms. The van der Waals surface area contributed by atoms with Crippen LogP contribution in [0, 0.1) is 5.92 Å². The van der Waals surface area contributed by atoms with Gasteiger partial charge >= 0.3 is 0 Å². The highest BCUT2D eigenvalue weighted by atomic mass is 16.5. The molecule has 1 saturated heterocycles. The second-order valence-corrected chi connectivity index (χ2v) is 6.33. The van der Waals surface area contributed by atoms with Crippen molar-refractivity contribution in [3.05, 3.63) is 18.0 Å². The van der Waals surface area contributed by atoms with Gasteiger partial charge in [-0.1, -0.05) is 19.3 Å². The smallest absolute Gasteiger partial charge is 0.0762 e. The van der Waals surface area contributed by atoms with Crippen molar-refractivity contribution in [2.75, 3.05) is 13.2 Å². The minimum Gasteiger partial charge on any atom is -0.378 e. The maximum atomic E-state index is 5.59. The van der Waals surface area contributed by atoms with Gasteiger partial charge < -0.3 is 10.1 Å². The van der Waals surface area contributed by atoms with Crippen molar-refractivity contribution in [1.29, 1.82) is 0 Å². The lowest BCUT2D eigenvalue weighted by Gasteiger charge is -2.21. The zero-order chi connectivity index (χ0) is 13.8. The average Bonchev–Trinajstić information content (AvgIpc) is 3.10. The normalized spacial score (nSPS) is 28.1. The molecule has 112 valence electrons. The number of rotatable bonds is 5. The summed E-state index contributed by atoms with van der Waals surface area (Å²) in [5, 5.41) is 8.27. The summed E-state index contributed by atoms with van der Waals surface area (Å²) >= 11 is 0. The van der Waals surface area contributed by atoms with E-state index in [2.05, 4.69) is 29.2 Å². The molecular weight excluding hydrogens is 250 g/mol. The largest absolute Gasteiger partial charge is 0.378 e. The number of hydrogen-bond donors (Lipinski definition) is 1. The maximum Gasteiger partial charge on any atom is 0.0762 e. The molecule has 1 aliphatic heterocycles. The number of nitrogens with zero attached hydrogens (tertiary/aromatic N) is 2. The van der Waals surface area contributed by atoms with E-state index in [1.807, 2.05) is 0 Å². The Morgan fingerprint density at radius 1 is 1.30 bits per heavy atom. The third-order valence-corrected chi connectivity index (χ3v) is 4.86. The van der Waals surface area contributed by atoms with E-state index in [4.69, 9.17) is 9.84 Å². The Labute approximate surface area is 121 Å². The molecule has 2 fully saturated rings. The predicted molar refractivity (Wildman–Crippen MR) is 79.6 cm³/mol. The Bertz CT molecular complexity index is 412. The van der Waals surface area contributed by atoms with E-state index in [-0.39, 0.29) is 0 Å². The molecule has 1 aliphatic carbocycles. The van der Waals surface area contributed by atoms with Crippen LogP contribution in [0.4, 0.5) is 0 Å². The van der Waals surface area contributed by atoms with Crippen LogP contribution in [0.1, 0.15) is 57.2 Å². The summed E-state index contributed by atoms with van der Waals surface area (Å²) in [7, 11) is 0. The molecule has 2 atom stereocenters. The van der Waals surface area contributed by atoms with Crippen molar-refractivity contribution in [1.82, 2.24) is 15.1 Å². The first-order chi connectivity index (χ1) is 9.83. The molecule has 0 spiro atoms. The summed E-state index contributed by atoms with van der Waals surface area (Å²) in [6, 6.07) is 2.80. The van der Waals surface area contributed by atoms with Crippen LogP contribution in [-0.2, 0) is 11.3 Å². The molecule has 1 aromatic heterocycles. The molecule has 2 heterocycles. The monoisotopic (exact) mass is 277 g/mol. The van der Waals surface area contributed by atoms with Gasteiger partial charge in [0.2, 0.25) is 0 Å². The summed E-state index contributed by atoms with van der Waals surface area (Å²) in [6.45, 7) is 5.02. The summed E-state index contributed by atoms with van der Waals surface area (Å²) in [5.74, 6) is 0.662. The zero-order valence-corrected chi connectivity index (χ0v) is 12.6. The highest BCUT2D eigenvalue weighted by molar-refractivity contribution is 4.99. The van der Waals surface area contributed by atoms with Crippen LogP contribution in [0.2, 0.25) is 0 Å². The van der Waals surface area contributed by atoms with Crippen molar-refractivity contribution in [2.45, 2.75) is 64.1 Å². The van der Waals surface area contributed by atoms with Crippen LogP contribution in [0.5, 0.6) is 0 Å². The van der Waals surface area contributed by atoms with E-state index in [1.54, 1.807) is 0 Å². The van der Waals surface area contributed by atoms with Crippen LogP contribution < -0.4 is 5.32 Å². The van der Waals surface area contributed by atoms with Crippen LogP contribution in [-0.4, -0.2) is 29.0 Å². The third-order valence-electron chi connectivity index (χ3n) is 4.86. The molecule has 0 radical (unpaired) electrons. The van der Waals surface area contributed by atoms with E-state index in [0.717, 1.165) is 19.7 Å². The quantitative estimate of drug-likeness (QED) is 0.899. The van der Waals surface area contributed by atoms with Gasteiger partial charge in [-0.25, -0.2) is 0 Å². The van der Waals surface area contributed by atoms with Crippen molar-refractivity contribution < 1.29 is 4.74 Å². The first-order valence-corrected chi connectivity index (χ1v) is 8.19. The van der Waals surface area contributed by atoms with E-state index in [9.17, 15) is 0 Å². The van der Waals surface area contributed by atoms with Gasteiger partial charge in [0, 0.05) is 25.9 Å². The minimum absolute atomic E-state index is 0.405. The van der Waals surface area contributed by atoms with Gasteiger partial charge in [-0.3, -0.25) is 4.68 Å².